The zero-order valence-corrected chi connectivity index (χ0v) is 12.0. The fourth-order valence-electron chi connectivity index (χ4n) is 1.84. The van der Waals surface area contributed by atoms with E-state index in [1.165, 1.54) is 0 Å². The summed E-state index contributed by atoms with van der Waals surface area (Å²) < 4.78 is 0. The van der Waals surface area contributed by atoms with Gasteiger partial charge in [0.2, 0.25) is 11.8 Å². The molecule has 0 spiro atoms. The molecule has 2 rings (SSSR count). The highest BCUT2D eigenvalue weighted by Crippen LogP contribution is 2.24. The highest BCUT2D eigenvalue weighted by molar-refractivity contribution is 6.32. The van der Waals surface area contributed by atoms with Crippen molar-refractivity contribution in [2.75, 3.05) is 6.54 Å². The van der Waals surface area contributed by atoms with Gasteiger partial charge in [-0.05, 0) is 26.0 Å². The highest BCUT2D eigenvalue weighted by Gasteiger charge is 2.41. The molecule has 1 saturated heterocycles. The van der Waals surface area contributed by atoms with Gasteiger partial charge in [0, 0.05) is 6.54 Å². The molecular weight excluding hydrogens is 289 g/mol. The van der Waals surface area contributed by atoms with E-state index >= 15 is 0 Å². The number of hydrogen-bond donors (Lipinski definition) is 1. The van der Waals surface area contributed by atoms with Crippen LogP contribution in [0.25, 0.3) is 0 Å². The molecule has 0 atom stereocenters. The van der Waals surface area contributed by atoms with Crippen LogP contribution in [0.3, 0.4) is 0 Å². The number of carbonyl (C=O) groups excluding carboxylic acids is 2. The normalized spacial score (nSPS) is 19.4. The summed E-state index contributed by atoms with van der Waals surface area (Å²) in [5, 5.41) is 3.09. The van der Waals surface area contributed by atoms with E-state index in [1.54, 1.807) is 30.9 Å². The number of nitrogens with one attached hydrogen (secondary N) is 1. The fraction of sp³-hybridized carbons (Fsp3) is 0.417. The van der Waals surface area contributed by atoms with Crippen molar-refractivity contribution in [1.82, 2.24) is 15.2 Å². The number of amides is 2. The smallest absolute Gasteiger partial charge is 0.246 e. The summed E-state index contributed by atoms with van der Waals surface area (Å²) >= 11 is 11.9. The van der Waals surface area contributed by atoms with Crippen molar-refractivity contribution in [2.24, 2.45) is 0 Å². The van der Waals surface area contributed by atoms with Gasteiger partial charge in [0.25, 0.3) is 0 Å². The van der Waals surface area contributed by atoms with Crippen LogP contribution in [-0.4, -0.2) is 33.8 Å². The van der Waals surface area contributed by atoms with Gasteiger partial charge in [-0.2, -0.15) is 0 Å². The molecule has 0 aliphatic carbocycles. The number of imide groups is 1. The van der Waals surface area contributed by atoms with Gasteiger partial charge in [-0.3, -0.25) is 19.8 Å². The van der Waals surface area contributed by atoms with Gasteiger partial charge in [0.1, 0.15) is 5.15 Å². The Morgan fingerprint density at radius 2 is 2.05 bits per heavy atom. The van der Waals surface area contributed by atoms with E-state index in [2.05, 4.69) is 10.3 Å². The van der Waals surface area contributed by atoms with E-state index in [0.717, 1.165) is 0 Å². The maximum Gasteiger partial charge on any atom is 0.246 e. The number of nitrogens with zero attached hydrogens (tertiary/aromatic N) is 2. The van der Waals surface area contributed by atoms with Crippen LogP contribution in [0.5, 0.6) is 0 Å². The van der Waals surface area contributed by atoms with E-state index in [1.807, 2.05) is 0 Å². The fourth-order valence-corrected chi connectivity index (χ4v) is 2.17. The van der Waals surface area contributed by atoms with Gasteiger partial charge in [-0.15, -0.1) is 0 Å². The monoisotopic (exact) mass is 301 g/mol. The van der Waals surface area contributed by atoms with E-state index < -0.39 is 5.54 Å². The SMILES string of the molecule is CC1(C)C(=O)NC(=O)CN1Cc1nc(Cl)ccc1Cl. The van der Waals surface area contributed by atoms with Crippen LogP contribution in [-0.2, 0) is 16.1 Å². The molecule has 0 saturated carbocycles. The predicted octanol–water partition coefficient (Wildman–Crippen LogP) is 1.63. The minimum Gasteiger partial charge on any atom is -0.294 e. The molecule has 2 amide bonds. The van der Waals surface area contributed by atoms with Crippen molar-refractivity contribution in [3.8, 4) is 0 Å². The van der Waals surface area contributed by atoms with Gasteiger partial charge in [-0.25, -0.2) is 4.98 Å². The van der Waals surface area contributed by atoms with Crippen molar-refractivity contribution < 1.29 is 9.59 Å². The molecule has 1 aliphatic rings. The summed E-state index contributed by atoms with van der Waals surface area (Å²) in [5.74, 6) is -0.663. The van der Waals surface area contributed by atoms with E-state index in [9.17, 15) is 9.59 Å². The first kappa shape index (κ1) is 14.2. The van der Waals surface area contributed by atoms with Crippen LogP contribution < -0.4 is 5.32 Å². The summed E-state index contributed by atoms with van der Waals surface area (Å²) in [6.07, 6.45) is 0. The molecule has 1 N–H and O–H groups in total. The van der Waals surface area contributed by atoms with Crippen LogP contribution in [0.15, 0.2) is 12.1 Å². The molecule has 7 heteroatoms. The molecule has 1 fully saturated rings. The van der Waals surface area contributed by atoms with Crippen LogP contribution in [0.4, 0.5) is 0 Å². The number of pyridine rings is 1. The van der Waals surface area contributed by atoms with Crippen molar-refractivity contribution in [3.63, 3.8) is 0 Å². The average molecular weight is 302 g/mol. The van der Waals surface area contributed by atoms with Crippen LogP contribution in [0, 0.1) is 0 Å². The van der Waals surface area contributed by atoms with Crippen molar-refractivity contribution in [3.05, 3.63) is 28.0 Å². The van der Waals surface area contributed by atoms with Crippen LogP contribution in [0.1, 0.15) is 19.5 Å². The summed E-state index contributed by atoms with van der Waals surface area (Å²) in [5.41, 5.74) is -0.258. The maximum atomic E-state index is 11.8. The average Bonchev–Trinajstić information content (AvgIpc) is 2.31. The molecule has 0 unspecified atom stereocenters. The molecule has 0 radical (unpaired) electrons. The lowest BCUT2D eigenvalue weighted by Crippen LogP contribution is -2.63. The minimum absolute atomic E-state index is 0.114. The van der Waals surface area contributed by atoms with Gasteiger partial charge >= 0.3 is 0 Å². The first-order valence-electron chi connectivity index (χ1n) is 5.71. The first-order chi connectivity index (χ1) is 8.80. The number of piperazine rings is 1. The summed E-state index contributed by atoms with van der Waals surface area (Å²) in [6.45, 7) is 3.88. The second-order valence-corrected chi connectivity index (χ2v) is 5.65. The van der Waals surface area contributed by atoms with Crippen LogP contribution in [0.2, 0.25) is 10.2 Å². The third kappa shape index (κ3) is 2.88. The lowest BCUT2D eigenvalue weighted by molar-refractivity contribution is -0.145. The van der Waals surface area contributed by atoms with Crippen molar-refractivity contribution in [2.45, 2.75) is 25.9 Å². The molecule has 1 aliphatic heterocycles. The number of aromatic nitrogens is 1. The van der Waals surface area contributed by atoms with Gasteiger partial charge in [-0.1, -0.05) is 23.2 Å². The van der Waals surface area contributed by atoms with Gasteiger partial charge < -0.3 is 0 Å². The quantitative estimate of drug-likeness (QED) is 0.666. The van der Waals surface area contributed by atoms with Gasteiger partial charge in [0.15, 0.2) is 0 Å². The van der Waals surface area contributed by atoms with E-state index in [-0.39, 0.29) is 24.9 Å². The first-order valence-corrected chi connectivity index (χ1v) is 6.46. The largest absolute Gasteiger partial charge is 0.294 e. The minimum atomic E-state index is -0.804. The van der Waals surface area contributed by atoms with Crippen molar-refractivity contribution >= 4 is 35.0 Å². The second-order valence-electron chi connectivity index (χ2n) is 4.85. The van der Waals surface area contributed by atoms with Gasteiger partial charge in [0.05, 0.1) is 22.8 Å². The van der Waals surface area contributed by atoms with Crippen LogP contribution >= 0.6 is 23.2 Å². The number of rotatable bonds is 2. The zero-order valence-electron chi connectivity index (χ0n) is 10.5. The van der Waals surface area contributed by atoms with Crippen molar-refractivity contribution in [1.29, 1.82) is 0 Å². The Bertz CT molecular complexity index is 546. The Morgan fingerprint density at radius 3 is 2.74 bits per heavy atom. The predicted molar refractivity (Wildman–Crippen MR) is 71.9 cm³/mol. The summed E-state index contributed by atoms with van der Waals surface area (Å²) in [7, 11) is 0. The Hall–Kier alpha value is -1.17. The molecule has 102 valence electrons. The summed E-state index contributed by atoms with van der Waals surface area (Å²) in [4.78, 5) is 29.1. The third-order valence-electron chi connectivity index (χ3n) is 3.16. The number of carbonyl (C=O) groups is 2. The van der Waals surface area contributed by atoms with E-state index in [0.29, 0.717) is 15.9 Å². The molecular formula is C12H13Cl2N3O2. The Labute approximate surface area is 120 Å². The Morgan fingerprint density at radius 1 is 1.37 bits per heavy atom. The van der Waals surface area contributed by atoms with E-state index in [4.69, 9.17) is 23.2 Å². The molecule has 19 heavy (non-hydrogen) atoms. The molecule has 2 heterocycles. The highest BCUT2D eigenvalue weighted by atomic mass is 35.5. The molecule has 1 aromatic rings. The third-order valence-corrected chi connectivity index (χ3v) is 3.71. The molecule has 0 bridgehead atoms. The number of halogens is 2. The molecule has 5 nitrogen and oxygen atoms in total. The Balaban J connectivity index is 2.28. The standard InChI is InChI=1S/C12H13Cl2N3O2/c1-12(2)11(19)16-10(18)6-17(12)5-8-7(13)3-4-9(14)15-8/h3-4H,5-6H2,1-2H3,(H,16,18,19). The molecule has 0 aromatic carbocycles. The number of hydrogen-bond acceptors (Lipinski definition) is 4. The second kappa shape index (κ2) is 5.07. The summed E-state index contributed by atoms with van der Waals surface area (Å²) in [6, 6.07) is 3.23. The lowest BCUT2D eigenvalue weighted by Gasteiger charge is -2.39. The maximum absolute atomic E-state index is 11.8. The topological polar surface area (TPSA) is 62.3 Å². The Kier molecular flexibility index (Phi) is 3.80. The zero-order chi connectivity index (χ0) is 14.2. The lowest BCUT2D eigenvalue weighted by atomic mass is 9.98. The molecule has 1 aromatic heterocycles.